The standard InChI is InChI=1S/C46H86O2/c1-2-3-4-5-6-7-8-9-10-11-12-13-14-15-16-17-18-19-20-21-22-23-24-25-26-27-28-29-30-31-32-33-34-35-36-37-38-39-41-44-42-40-43-45(47)46(44)48/h40,42-43,47-48H,2-39,41H2,1H3. The van der Waals surface area contributed by atoms with Crippen LogP contribution in [0.25, 0.3) is 0 Å². The second-order valence-electron chi connectivity index (χ2n) is 15.6. The van der Waals surface area contributed by atoms with Gasteiger partial charge in [0.1, 0.15) is 0 Å². The highest BCUT2D eigenvalue weighted by atomic mass is 16.3. The molecule has 0 saturated heterocycles. The van der Waals surface area contributed by atoms with Crippen LogP contribution in [-0.4, -0.2) is 10.2 Å². The van der Waals surface area contributed by atoms with Crippen LogP contribution in [0.15, 0.2) is 18.2 Å². The summed E-state index contributed by atoms with van der Waals surface area (Å²) in [6, 6.07) is 5.28. The number of unbranched alkanes of at least 4 members (excludes halogenated alkanes) is 37. The zero-order chi connectivity index (χ0) is 34.4. The van der Waals surface area contributed by atoms with Gasteiger partial charge in [-0.1, -0.05) is 257 Å². The molecule has 2 N–H and O–H groups in total. The average molecular weight is 671 g/mol. The van der Waals surface area contributed by atoms with E-state index in [2.05, 4.69) is 6.92 Å². The molecular formula is C46H86O2. The first-order valence-corrected chi connectivity index (χ1v) is 22.3. The summed E-state index contributed by atoms with van der Waals surface area (Å²) in [7, 11) is 0. The SMILES string of the molecule is CCCCCCCCCCCCCCCCCCCCCCCCCCCCCCCCCCCCCCCCc1cccc(O)c1O. The summed E-state index contributed by atoms with van der Waals surface area (Å²) in [6.07, 6.45) is 55.5. The molecule has 0 aliphatic heterocycles. The van der Waals surface area contributed by atoms with Crippen LogP contribution >= 0.6 is 0 Å². The van der Waals surface area contributed by atoms with Crippen molar-refractivity contribution in [3.8, 4) is 11.5 Å². The first-order valence-electron chi connectivity index (χ1n) is 22.3. The third kappa shape index (κ3) is 30.8. The molecule has 1 rings (SSSR count). The monoisotopic (exact) mass is 671 g/mol. The molecule has 0 unspecified atom stereocenters. The molecule has 0 amide bonds. The molecule has 1 aromatic rings. The molecule has 282 valence electrons. The fourth-order valence-electron chi connectivity index (χ4n) is 7.53. The molecule has 1 aromatic carbocycles. The minimum absolute atomic E-state index is 0.00385. The molecule has 2 heteroatoms. The summed E-state index contributed by atoms with van der Waals surface area (Å²) in [4.78, 5) is 0. The van der Waals surface area contributed by atoms with Gasteiger partial charge >= 0.3 is 0 Å². The number of aromatic hydroxyl groups is 2. The predicted octanol–water partition coefficient (Wildman–Crippen LogP) is 16.5. The number of para-hydroxylation sites is 1. The van der Waals surface area contributed by atoms with Crippen molar-refractivity contribution in [2.45, 2.75) is 257 Å². The van der Waals surface area contributed by atoms with Gasteiger partial charge in [0.25, 0.3) is 0 Å². The quantitative estimate of drug-likeness (QED) is 0.0540. The molecular weight excluding hydrogens is 585 g/mol. The van der Waals surface area contributed by atoms with E-state index in [1.54, 1.807) is 6.07 Å². The zero-order valence-corrected chi connectivity index (χ0v) is 32.7. The summed E-state index contributed by atoms with van der Waals surface area (Å²) in [5.74, 6) is 0.0724. The van der Waals surface area contributed by atoms with E-state index in [0.717, 1.165) is 18.4 Å². The Morgan fingerprint density at radius 3 is 0.792 bits per heavy atom. The maximum Gasteiger partial charge on any atom is 0.160 e. The Morgan fingerprint density at radius 2 is 0.542 bits per heavy atom. The lowest BCUT2D eigenvalue weighted by Gasteiger charge is -2.06. The Balaban J connectivity index is 1.63. The Hall–Kier alpha value is -1.18. The normalized spacial score (nSPS) is 11.5. The number of hydrogen-bond acceptors (Lipinski definition) is 2. The van der Waals surface area contributed by atoms with Crippen LogP contribution in [0.2, 0.25) is 0 Å². The molecule has 0 radical (unpaired) electrons. The van der Waals surface area contributed by atoms with Gasteiger partial charge in [-0.2, -0.15) is 0 Å². The van der Waals surface area contributed by atoms with Crippen LogP contribution < -0.4 is 0 Å². The van der Waals surface area contributed by atoms with Crippen LogP contribution in [0.1, 0.15) is 256 Å². The van der Waals surface area contributed by atoms with Crippen molar-refractivity contribution in [2.75, 3.05) is 0 Å². The fraction of sp³-hybridized carbons (Fsp3) is 0.870. The third-order valence-electron chi connectivity index (χ3n) is 10.9. The number of hydrogen-bond donors (Lipinski definition) is 2. The summed E-state index contributed by atoms with van der Waals surface area (Å²) in [6.45, 7) is 2.31. The van der Waals surface area contributed by atoms with E-state index in [9.17, 15) is 10.2 Å². The van der Waals surface area contributed by atoms with E-state index in [1.807, 2.05) is 12.1 Å². The molecule has 0 atom stereocenters. The number of aryl methyl sites for hydroxylation is 1. The van der Waals surface area contributed by atoms with Crippen molar-refractivity contribution < 1.29 is 10.2 Å². The molecule has 0 aliphatic carbocycles. The minimum Gasteiger partial charge on any atom is -0.504 e. The lowest BCUT2D eigenvalue weighted by molar-refractivity contribution is 0.398. The van der Waals surface area contributed by atoms with Gasteiger partial charge in [0.15, 0.2) is 11.5 Å². The average Bonchev–Trinajstić information content (AvgIpc) is 3.09. The largest absolute Gasteiger partial charge is 0.504 e. The van der Waals surface area contributed by atoms with E-state index in [-0.39, 0.29) is 11.5 Å². The van der Waals surface area contributed by atoms with Crippen LogP contribution in [-0.2, 0) is 6.42 Å². The molecule has 48 heavy (non-hydrogen) atoms. The molecule has 0 spiro atoms. The van der Waals surface area contributed by atoms with Gasteiger partial charge in [-0.25, -0.2) is 0 Å². The van der Waals surface area contributed by atoms with Crippen LogP contribution in [0.5, 0.6) is 11.5 Å². The summed E-state index contributed by atoms with van der Waals surface area (Å²) in [5.41, 5.74) is 0.876. The summed E-state index contributed by atoms with van der Waals surface area (Å²) in [5, 5.41) is 19.5. The van der Waals surface area contributed by atoms with Gasteiger partial charge in [0, 0.05) is 0 Å². The Labute approximate surface area is 302 Å². The highest BCUT2D eigenvalue weighted by molar-refractivity contribution is 5.44. The third-order valence-corrected chi connectivity index (χ3v) is 10.9. The van der Waals surface area contributed by atoms with E-state index in [4.69, 9.17) is 0 Å². The summed E-state index contributed by atoms with van der Waals surface area (Å²) < 4.78 is 0. The maximum absolute atomic E-state index is 9.88. The van der Waals surface area contributed by atoms with Gasteiger partial charge in [0.05, 0.1) is 0 Å². The topological polar surface area (TPSA) is 40.5 Å². The zero-order valence-electron chi connectivity index (χ0n) is 32.7. The number of phenols is 2. The molecule has 0 heterocycles. The fourth-order valence-corrected chi connectivity index (χ4v) is 7.53. The molecule has 0 aliphatic rings. The van der Waals surface area contributed by atoms with Crippen molar-refractivity contribution in [2.24, 2.45) is 0 Å². The lowest BCUT2D eigenvalue weighted by atomic mass is 10.0. The molecule has 0 bridgehead atoms. The molecule has 0 aromatic heterocycles. The highest BCUT2D eigenvalue weighted by Gasteiger charge is 2.05. The van der Waals surface area contributed by atoms with Gasteiger partial charge in [0.2, 0.25) is 0 Å². The van der Waals surface area contributed by atoms with E-state index >= 15 is 0 Å². The lowest BCUT2D eigenvalue weighted by Crippen LogP contribution is -1.88. The van der Waals surface area contributed by atoms with Crippen molar-refractivity contribution in [1.82, 2.24) is 0 Å². The van der Waals surface area contributed by atoms with Crippen molar-refractivity contribution >= 4 is 0 Å². The van der Waals surface area contributed by atoms with Gasteiger partial charge < -0.3 is 10.2 Å². The van der Waals surface area contributed by atoms with E-state index in [1.165, 1.54) is 238 Å². The number of rotatable bonds is 39. The molecule has 2 nitrogen and oxygen atoms in total. The van der Waals surface area contributed by atoms with Crippen LogP contribution in [0.3, 0.4) is 0 Å². The molecule has 0 saturated carbocycles. The Morgan fingerprint density at radius 1 is 0.312 bits per heavy atom. The van der Waals surface area contributed by atoms with Crippen LogP contribution in [0.4, 0.5) is 0 Å². The number of benzene rings is 1. The second-order valence-corrected chi connectivity index (χ2v) is 15.6. The second kappa shape index (κ2) is 37.1. The van der Waals surface area contributed by atoms with Crippen LogP contribution in [0, 0.1) is 0 Å². The van der Waals surface area contributed by atoms with Gasteiger partial charge in [-0.05, 0) is 24.5 Å². The van der Waals surface area contributed by atoms with Crippen molar-refractivity contribution in [1.29, 1.82) is 0 Å². The molecule has 0 fully saturated rings. The van der Waals surface area contributed by atoms with E-state index in [0.29, 0.717) is 0 Å². The van der Waals surface area contributed by atoms with Gasteiger partial charge in [-0.3, -0.25) is 0 Å². The van der Waals surface area contributed by atoms with E-state index < -0.39 is 0 Å². The Bertz CT molecular complexity index is 758. The minimum atomic E-state index is 0.00385. The summed E-state index contributed by atoms with van der Waals surface area (Å²) >= 11 is 0. The Kier molecular flexibility index (Phi) is 34.6. The predicted molar refractivity (Wildman–Crippen MR) is 215 cm³/mol. The van der Waals surface area contributed by atoms with Gasteiger partial charge in [-0.15, -0.1) is 0 Å². The van der Waals surface area contributed by atoms with Crippen molar-refractivity contribution in [3.05, 3.63) is 23.8 Å². The highest BCUT2D eigenvalue weighted by Crippen LogP contribution is 2.29. The first kappa shape index (κ1) is 44.8. The van der Waals surface area contributed by atoms with Crippen molar-refractivity contribution in [3.63, 3.8) is 0 Å². The number of phenolic OH excluding ortho intramolecular Hbond substituents is 2. The smallest absolute Gasteiger partial charge is 0.160 e. The first-order chi connectivity index (χ1) is 23.8. The maximum atomic E-state index is 9.88.